The number of nitroso groups, excluding NO2 is 1. The normalized spacial score (nSPS) is 10.7. The van der Waals surface area contributed by atoms with E-state index >= 15 is 0 Å². The van der Waals surface area contributed by atoms with Crippen molar-refractivity contribution < 1.29 is 9.21 Å². The Hall–Kier alpha value is -3.93. The number of nitrogens with zero attached hydrogens (tertiary/aromatic N) is 3. The summed E-state index contributed by atoms with van der Waals surface area (Å²) in [4.78, 5) is 31.1. The summed E-state index contributed by atoms with van der Waals surface area (Å²) in [5, 5.41) is 2.83. The lowest BCUT2D eigenvalue weighted by atomic mass is 10.0. The second-order valence-corrected chi connectivity index (χ2v) is 6.85. The van der Waals surface area contributed by atoms with Gasteiger partial charge in [0.05, 0.1) is 6.20 Å². The zero-order chi connectivity index (χ0) is 20.8. The van der Waals surface area contributed by atoms with E-state index in [9.17, 15) is 9.70 Å². The molecule has 0 N–H and O–H groups in total. The molecule has 2 heterocycles. The molecule has 0 fully saturated rings. The first-order chi connectivity index (χ1) is 14.7. The summed E-state index contributed by atoms with van der Waals surface area (Å²) in [7, 11) is 0. The Kier molecular flexibility index (Phi) is 5.85. The maximum absolute atomic E-state index is 12.5. The molecule has 0 spiro atoms. The number of hydrogen-bond donors (Lipinski definition) is 0. The molecule has 0 radical (unpaired) electrons. The Morgan fingerprint density at radius 1 is 0.833 bits per heavy atom. The van der Waals surface area contributed by atoms with Crippen molar-refractivity contribution in [2.75, 3.05) is 0 Å². The standard InChI is InChI=1S/C24H19N3O3/c28-22(13-9-17-6-10-20(11-7-17)19-4-2-1-3-5-19)24-26-16-23(30-24)21-12-8-18(14-25-21)15-27-29/h1-8,10-12,14,16H,9,13,15H2. The fraction of sp³-hybridized carbons (Fsp3) is 0.125. The molecular weight excluding hydrogens is 378 g/mol. The van der Waals surface area contributed by atoms with Crippen molar-refractivity contribution in [3.05, 3.63) is 101 Å². The van der Waals surface area contributed by atoms with Crippen LogP contribution in [0.4, 0.5) is 0 Å². The number of carbonyl (C=O) groups excluding carboxylic acids is 1. The second kappa shape index (κ2) is 9.05. The van der Waals surface area contributed by atoms with Gasteiger partial charge in [-0.15, -0.1) is 0 Å². The van der Waals surface area contributed by atoms with Gasteiger partial charge in [-0.2, -0.15) is 4.91 Å². The molecule has 0 aliphatic carbocycles. The predicted molar refractivity (Wildman–Crippen MR) is 114 cm³/mol. The number of hydrogen-bond acceptors (Lipinski definition) is 6. The second-order valence-electron chi connectivity index (χ2n) is 6.85. The average Bonchev–Trinajstić information content (AvgIpc) is 3.30. The third-order valence-electron chi connectivity index (χ3n) is 4.77. The summed E-state index contributed by atoms with van der Waals surface area (Å²) >= 11 is 0. The first kappa shape index (κ1) is 19.4. The topological polar surface area (TPSA) is 85.4 Å². The monoisotopic (exact) mass is 397 g/mol. The highest BCUT2D eigenvalue weighted by atomic mass is 16.4. The first-order valence-corrected chi connectivity index (χ1v) is 9.61. The summed E-state index contributed by atoms with van der Waals surface area (Å²) < 4.78 is 5.59. The minimum atomic E-state index is -0.157. The fourth-order valence-corrected chi connectivity index (χ4v) is 3.12. The zero-order valence-corrected chi connectivity index (χ0v) is 16.2. The minimum absolute atomic E-state index is 0.0692. The molecule has 0 aliphatic rings. The molecule has 0 amide bonds. The molecule has 4 rings (SSSR count). The van der Waals surface area contributed by atoms with E-state index in [-0.39, 0.29) is 18.2 Å². The van der Waals surface area contributed by atoms with Crippen molar-refractivity contribution in [1.29, 1.82) is 0 Å². The third-order valence-corrected chi connectivity index (χ3v) is 4.77. The number of Topliss-reactive ketones (excluding diaryl/α,β-unsaturated/α-hetero) is 1. The molecule has 148 valence electrons. The van der Waals surface area contributed by atoms with Gasteiger partial charge in [-0.3, -0.25) is 9.78 Å². The van der Waals surface area contributed by atoms with Crippen LogP contribution in [-0.2, 0) is 13.0 Å². The number of oxazole rings is 1. The molecule has 0 atom stereocenters. The van der Waals surface area contributed by atoms with Crippen LogP contribution in [0.1, 0.15) is 28.2 Å². The van der Waals surface area contributed by atoms with Crippen molar-refractivity contribution in [2.45, 2.75) is 19.4 Å². The lowest BCUT2D eigenvalue weighted by molar-refractivity contribution is 0.0950. The van der Waals surface area contributed by atoms with Gasteiger partial charge in [0.1, 0.15) is 12.2 Å². The molecule has 2 aromatic heterocycles. The molecule has 0 saturated heterocycles. The SMILES string of the molecule is O=NCc1ccc(-c2cnc(C(=O)CCc3ccc(-c4ccccc4)cc3)o2)nc1. The van der Waals surface area contributed by atoms with E-state index in [2.05, 4.69) is 39.4 Å². The number of rotatable bonds is 8. The van der Waals surface area contributed by atoms with Gasteiger partial charge < -0.3 is 4.42 Å². The summed E-state index contributed by atoms with van der Waals surface area (Å²) in [5.74, 6) is 0.331. The highest BCUT2D eigenvalue weighted by Crippen LogP contribution is 2.21. The van der Waals surface area contributed by atoms with Gasteiger partial charge in [0.25, 0.3) is 5.89 Å². The number of pyridine rings is 1. The number of aromatic nitrogens is 2. The van der Waals surface area contributed by atoms with Crippen LogP contribution in [-0.4, -0.2) is 15.8 Å². The van der Waals surface area contributed by atoms with Gasteiger partial charge in [0.15, 0.2) is 5.76 Å². The Bertz CT molecular complexity index is 1130. The van der Waals surface area contributed by atoms with E-state index in [4.69, 9.17) is 4.42 Å². The Morgan fingerprint density at radius 3 is 2.27 bits per heavy atom. The Labute approximate surface area is 173 Å². The van der Waals surface area contributed by atoms with E-state index in [1.54, 1.807) is 18.3 Å². The van der Waals surface area contributed by atoms with E-state index < -0.39 is 0 Å². The first-order valence-electron chi connectivity index (χ1n) is 9.61. The number of carbonyl (C=O) groups is 1. The van der Waals surface area contributed by atoms with Gasteiger partial charge in [-0.05, 0) is 34.7 Å². The summed E-state index contributed by atoms with van der Waals surface area (Å²) in [5.41, 5.74) is 4.65. The molecular formula is C24H19N3O3. The average molecular weight is 397 g/mol. The van der Waals surface area contributed by atoms with Crippen molar-refractivity contribution in [2.24, 2.45) is 5.18 Å². The van der Waals surface area contributed by atoms with E-state index in [0.717, 1.165) is 16.7 Å². The van der Waals surface area contributed by atoms with Crippen molar-refractivity contribution in [3.8, 4) is 22.6 Å². The third kappa shape index (κ3) is 4.55. The maximum atomic E-state index is 12.5. The molecule has 0 aliphatic heterocycles. The Morgan fingerprint density at radius 2 is 1.57 bits per heavy atom. The van der Waals surface area contributed by atoms with Crippen molar-refractivity contribution in [3.63, 3.8) is 0 Å². The number of ketones is 1. The lowest BCUT2D eigenvalue weighted by Crippen LogP contribution is -2.01. The lowest BCUT2D eigenvalue weighted by Gasteiger charge is -2.04. The van der Waals surface area contributed by atoms with Crippen LogP contribution in [0.3, 0.4) is 0 Å². The van der Waals surface area contributed by atoms with Crippen LogP contribution in [0.2, 0.25) is 0 Å². The van der Waals surface area contributed by atoms with E-state index in [0.29, 0.717) is 29.9 Å². The molecule has 4 aromatic rings. The zero-order valence-electron chi connectivity index (χ0n) is 16.2. The largest absolute Gasteiger partial charge is 0.432 e. The van der Waals surface area contributed by atoms with Crippen LogP contribution in [0.5, 0.6) is 0 Å². The number of aryl methyl sites for hydroxylation is 1. The van der Waals surface area contributed by atoms with Gasteiger partial charge in [0.2, 0.25) is 5.78 Å². The molecule has 6 heteroatoms. The predicted octanol–water partition coefficient (Wildman–Crippen LogP) is 5.49. The highest BCUT2D eigenvalue weighted by molar-refractivity contribution is 5.92. The van der Waals surface area contributed by atoms with Crippen molar-refractivity contribution in [1.82, 2.24) is 9.97 Å². The molecule has 0 saturated carbocycles. The van der Waals surface area contributed by atoms with Gasteiger partial charge >= 0.3 is 0 Å². The van der Waals surface area contributed by atoms with Crippen LogP contribution in [0.25, 0.3) is 22.6 Å². The molecule has 2 aromatic carbocycles. The van der Waals surface area contributed by atoms with Gasteiger partial charge in [-0.25, -0.2) is 4.98 Å². The van der Waals surface area contributed by atoms with Crippen molar-refractivity contribution >= 4 is 5.78 Å². The van der Waals surface area contributed by atoms with Crippen LogP contribution < -0.4 is 0 Å². The van der Waals surface area contributed by atoms with Crippen LogP contribution in [0.15, 0.2) is 88.7 Å². The van der Waals surface area contributed by atoms with Crippen LogP contribution in [0, 0.1) is 4.91 Å². The van der Waals surface area contributed by atoms with Gasteiger partial charge in [-0.1, -0.05) is 65.8 Å². The maximum Gasteiger partial charge on any atom is 0.263 e. The van der Waals surface area contributed by atoms with Crippen LogP contribution >= 0.6 is 0 Å². The molecule has 0 bridgehead atoms. The smallest absolute Gasteiger partial charge is 0.263 e. The van der Waals surface area contributed by atoms with Gasteiger partial charge in [0, 0.05) is 12.6 Å². The summed E-state index contributed by atoms with van der Waals surface area (Å²) in [6.07, 6.45) is 3.96. The molecule has 30 heavy (non-hydrogen) atoms. The van der Waals surface area contributed by atoms with E-state index in [1.807, 2.05) is 30.3 Å². The quantitative estimate of drug-likeness (QED) is 0.290. The molecule has 0 unspecified atom stereocenters. The summed E-state index contributed by atoms with van der Waals surface area (Å²) in [6, 6.07) is 21.8. The molecule has 6 nitrogen and oxygen atoms in total. The fourth-order valence-electron chi connectivity index (χ4n) is 3.12. The minimum Gasteiger partial charge on any atom is -0.432 e. The Balaban J connectivity index is 1.37. The summed E-state index contributed by atoms with van der Waals surface area (Å²) in [6.45, 7) is 0.0692. The highest BCUT2D eigenvalue weighted by Gasteiger charge is 2.15. The number of benzene rings is 2. The van der Waals surface area contributed by atoms with E-state index in [1.165, 1.54) is 6.20 Å².